The highest BCUT2D eigenvalue weighted by atomic mass is 32.2. The normalized spacial score (nSPS) is 18.0. The van der Waals surface area contributed by atoms with Crippen molar-refractivity contribution in [1.29, 1.82) is 0 Å². The molecule has 0 aromatic heterocycles. The van der Waals surface area contributed by atoms with Gasteiger partial charge in [0.05, 0.1) is 0 Å². The summed E-state index contributed by atoms with van der Waals surface area (Å²) in [5.74, 6) is 3.28. The molecule has 1 saturated heterocycles. The van der Waals surface area contributed by atoms with Gasteiger partial charge in [0.1, 0.15) is 6.29 Å². The molecule has 0 amide bonds. The molecule has 2 rings (SSSR count). The van der Waals surface area contributed by atoms with Crippen LogP contribution in [0.3, 0.4) is 0 Å². The highest BCUT2D eigenvalue weighted by Gasteiger charge is 2.15. The second kappa shape index (κ2) is 4.65. The van der Waals surface area contributed by atoms with Crippen LogP contribution in [0, 0.1) is 0 Å². The molecule has 0 radical (unpaired) electrons. The van der Waals surface area contributed by atoms with Crippen molar-refractivity contribution in [2.45, 2.75) is 18.8 Å². The zero-order chi connectivity index (χ0) is 9.80. The lowest BCUT2D eigenvalue weighted by atomic mass is 9.93. The Morgan fingerprint density at radius 2 is 1.79 bits per heavy atom. The topological polar surface area (TPSA) is 17.1 Å². The Hall–Kier alpha value is -0.760. The largest absolute Gasteiger partial charge is 0.298 e. The minimum Gasteiger partial charge on any atom is -0.298 e. The van der Waals surface area contributed by atoms with Crippen molar-refractivity contribution in [1.82, 2.24) is 0 Å². The van der Waals surface area contributed by atoms with E-state index in [4.69, 9.17) is 0 Å². The van der Waals surface area contributed by atoms with Gasteiger partial charge in [0, 0.05) is 5.56 Å². The third kappa shape index (κ3) is 2.18. The maximum absolute atomic E-state index is 10.5. The molecule has 2 heteroatoms. The predicted octanol–water partition coefficient (Wildman–Crippen LogP) is 3.11. The van der Waals surface area contributed by atoms with Crippen LogP contribution in [0.5, 0.6) is 0 Å². The Morgan fingerprint density at radius 3 is 2.36 bits per heavy atom. The van der Waals surface area contributed by atoms with Gasteiger partial charge in [0.25, 0.3) is 0 Å². The molecule has 74 valence electrons. The second-order valence-electron chi connectivity index (χ2n) is 3.67. The first-order valence-electron chi connectivity index (χ1n) is 5.03. The van der Waals surface area contributed by atoms with E-state index in [0.29, 0.717) is 0 Å². The average molecular weight is 206 g/mol. The molecule has 1 aliphatic heterocycles. The number of hydrogen-bond acceptors (Lipinski definition) is 2. The van der Waals surface area contributed by atoms with E-state index < -0.39 is 0 Å². The third-order valence-electron chi connectivity index (χ3n) is 2.77. The molecule has 0 saturated carbocycles. The number of thioether (sulfide) groups is 1. The Balaban J connectivity index is 2.11. The molecule has 1 aromatic rings. The zero-order valence-electron chi connectivity index (χ0n) is 8.11. The predicted molar refractivity (Wildman–Crippen MR) is 61.1 cm³/mol. The minimum atomic E-state index is 0.719. The first-order valence-corrected chi connectivity index (χ1v) is 6.18. The Kier molecular flexibility index (Phi) is 3.25. The molecule has 0 N–H and O–H groups in total. The van der Waals surface area contributed by atoms with Crippen molar-refractivity contribution in [3.05, 3.63) is 35.4 Å². The number of carbonyl (C=O) groups excluding carboxylic acids is 1. The van der Waals surface area contributed by atoms with Crippen LogP contribution in [0.1, 0.15) is 34.7 Å². The first kappa shape index (κ1) is 9.78. The van der Waals surface area contributed by atoms with Gasteiger partial charge in [-0.1, -0.05) is 24.3 Å². The van der Waals surface area contributed by atoms with Crippen LogP contribution >= 0.6 is 11.8 Å². The SMILES string of the molecule is O=Cc1ccc(C2CCSCC2)cc1. The maximum atomic E-state index is 10.5. The quantitative estimate of drug-likeness (QED) is 0.692. The van der Waals surface area contributed by atoms with Crippen LogP contribution in [-0.2, 0) is 0 Å². The van der Waals surface area contributed by atoms with Crippen LogP contribution in [0.2, 0.25) is 0 Å². The molecule has 1 aliphatic rings. The molecule has 1 aromatic carbocycles. The standard InChI is InChI=1S/C12H14OS/c13-9-10-1-3-11(4-2-10)12-5-7-14-8-6-12/h1-4,9,12H,5-8H2. The summed E-state index contributed by atoms with van der Waals surface area (Å²) < 4.78 is 0. The summed E-state index contributed by atoms with van der Waals surface area (Å²) in [7, 11) is 0. The van der Waals surface area contributed by atoms with Crippen molar-refractivity contribution >= 4 is 18.0 Å². The van der Waals surface area contributed by atoms with Gasteiger partial charge in [-0.15, -0.1) is 0 Å². The molecule has 0 atom stereocenters. The molecule has 14 heavy (non-hydrogen) atoms. The van der Waals surface area contributed by atoms with E-state index >= 15 is 0 Å². The molecule has 0 aliphatic carbocycles. The smallest absolute Gasteiger partial charge is 0.150 e. The van der Waals surface area contributed by atoms with Crippen LogP contribution in [-0.4, -0.2) is 17.8 Å². The van der Waals surface area contributed by atoms with Crippen LogP contribution < -0.4 is 0 Å². The molecule has 0 unspecified atom stereocenters. The van der Waals surface area contributed by atoms with E-state index in [1.807, 2.05) is 23.9 Å². The molecule has 1 nitrogen and oxygen atoms in total. The number of benzene rings is 1. The van der Waals surface area contributed by atoms with Crippen molar-refractivity contribution in [2.24, 2.45) is 0 Å². The molecular weight excluding hydrogens is 192 g/mol. The summed E-state index contributed by atoms with van der Waals surface area (Å²) in [6, 6.07) is 8.04. The van der Waals surface area contributed by atoms with E-state index in [2.05, 4.69) is 12.1 Å². The van der Waals surface area contributed by atoms with E-state index in [-0.39, 0.29) is 0 Å². The fourth-order valence-corrected chi connectivity index (χ4v) is 2.98. The van der Waals surface area contributed by atoms with Crippen LogP contribution in [0.15, 0.2) is 24.3 Å². The van der Waals surface area contributed by atoms with Crippen molar-refractivity contribution in [3.8, 4) is 0 Å². The summed E-state index contributed by atoms with van der Waals surface area (Å²) in [6.07, 6.45) is 3.47. The first-order chi connectivity index (χ1) is 6.90. The number of hydrogen-bond donors (Lipinski definition) is 0. The second-order valence-corrected chi connectivity index (χ2v) is 4.90. The summed E-state index contributed by atoms with van der Waals surface area (Å²) in [5, 5.41) is 0. The fraction of sp³-hybridized carbons (Fsp3) is 0.417. The lowest BCUT2D eigenvalue weighted by Crippen LogP contribution is -2.07. The third-order valence-corrected chi connectivity index (χ3v) is 3.81. The Bertz CT molecular complexity index is 299. The average Bonchev–Trinajstić information content (AvgIpc) is 2.30. The van der Waals surface area contributed by atoms with Gasteiger partial charge in [-0.3, -0.25) is 4.79 Å². The van der Waals surface area contributed by atoms with Gasteiger partial charge in [-0.2, -0.15) is 11.8 Å². The summed E-state index contributed by atoms with van der Waals surface area (Å²) in [5.41, 5.74) is 2.18. The molecule has 1 fully saturated rings. The van der Waals surface area contributed by atoms with Gasteiger partial charge in [0.15, 0.2) is 0 Å². The van der Waals surface area contributed by atoms with E-state index in [0.717, 1.165) is 17.8 Å². The van der Waals surface area contributed by atoms with Crippen molar-refractivity contribution < 1.29 is 4.79 Å². The lowest BCUT2D eigenvalue weighted by Gasteiger charge is -2.21. The van der Waals surface area contributed by atoms with Gasteiger partial charge < -0.3 is 0 Å². The fourth-order valence-electron chi connectivity index (χ4n) is 1.88. The van der Waals surface area contributed by atoms with Gasteiger partial charge in [0.2, 0.25) is 0 Å². The van der Waals surface area contributed by atoms with Gasteiger partial charge in [-0.05, 0) is 35.8 Å². The summed E-state index contributed by atoms with van der Waals surface area (Å²) in [4.78, 5) is 10.5. The molecular formula is C12H14OS. The number of rotatable bonds is 2. The molecule has 0 bridgehead atoms. The summed E-state index contributed by atoms with van der Waals surface area (Å²) >= 11 is 2.04. The van der Waals surface area contributed by atoms with Crippen LogP contribution in [0.25, 0.3) is 0 Å². The monoisotopic (exact) mass is 206 g/mol. The summed E-state index contributed by atoms with van der Waals surface area (Å²) in [6.45, 7) is 0. The highest BCUT2D eigenvalue weighted by molar-refractivity contribution is 7.99. The Morgan fingerprint density at radius 1 is 1.14 bits per heavy atom. The van der Waals surface area contributed by atoms with Crippen molar-refractivity contribution in [2.75, 3.05) is 11.5 Å². The number of carbonyl (C=O) groups is 1. The van der Waals surface area contributed by atoms with Gasteiger partial charge >= 0.3 is 0 Å². The molecule has 0 spiro atoms. The maximum Gasteiger partial charge on any atom is 0.150 e. The van der Waals surface area contributed by atoms with Crippen LogP contribution in [0.4, 0.5) is 0 Å². The zero-order valence-corrected chi connectivity index (χ0v) is 8.93. The molecule has 1 heterocycles. The van der Waals surface area contributed by atoms with E-state index in [9.17, 15) is 4.79 Å². The van der Waals surface area contributed by atoms with Gasteiger partial charge in [-0.25, -0.2) is 0 Å². The van der Waals surface area contributed by atoms with E-state index in [1.54, 1.807) is 0 Å². The lowest BCUT2D eigenvalue weighted by molar-refractivity contribution is 0.112. The van der Waals surface area contributed by atoms with E-state index in [1.165, 1.54) is 29.9 Å². The van der Waals surface area contributed by atoms with Crippen molar-refractivity contribution in [3.63, 3.8) is 0 Å². The minimum absolute atomic E-state index is 0.719. The number of aldehydes is 1. The Labute approximate surface area is 88.9 Å². The highest BCUT2D eigenvalue weighted by Crippen LogP contribution is 2.31.